The molecule has 0 radical (unpaired) electrons. The van der Waals surface area contributed by atoms with E-state index in [2.05, 4.69) is 11.4 Å². The molecule has 0 aromatic heterocycles. The molecule has 35 heavy (non-hydrogen) atoms. The highest BCUT2D eigenvalue weighted by Gasteiger charge is 2.43. The number of phenols is 1. The molecule has 0 aliphatic carbocycles. The number of nitrogens with zero attached hydrogens (tertiary/aromatic N) is 3. The molecule has 9 nitrogen and oxygen atoms in total. The van der Waals surface area contributed by atoms with Gasteiger partial charge in [-0.1, -0.05) is 12.1 Å². The molecule has 5 rings (SSSR count). The van der Waals surface area contributed by atoms with Crippen molar-refractivity contribution in [1.82, 2.24) is 5.32 Å². The van der Waals surface area contributed by atoms with Crippen LogP contribution in [0.2, 0.25) is 0 Å². The molecule has 2 heterocycles. The summed E-state index contributed by atoms with van der Waals surface area (Å²) in [5.74, 6) is -1.08. The van der Waals surface area contributed by atoms with Gasteiger partial charge in [0, 0.05) is 5.69 Å². The van der Waals surface area contributed by atoms with Crippen LogP contribution in [-0.4, -0.2) is 36.3 Å². The lowest BCUT2D eigenvalue weighted by Crippen LogP contribution is -2.62. The number of aromatic hydroxyl groups is 1. The number of rotatable bonds is 3. The number of urea groups is 1. The molecule has 2 N–H and O–H groups in total. The third kappa shape index (κ3) is 3.63. The summed E-state index contributed by atoms with van der Waals surface area (Å²) in [7, 11) is 1.25. The zero-order chi connectivity index (χ0) is 24.7. The number of ether oxygens (including phenoxy) is 1. The number of benzene rings is 3. The van der Waals surface area contributed by atoms with Crippen LogP contribution in [0.3, 0.4) is 0 Å². The second-order valence-corrected chi connectivity index (χ2v) is 7.91. The Morgan fingerprint density at radius 3 is 2.54 bits per heavy atom. The van der Waals surface area contributed by atoms with Gasteiger partial charge >= 0.3 is 12.0 Å². The maximum atomic E-state index is 13.6. The molecule has 1 unspecified atom stereocenters. The summed E-state index contributed by atoms with van der Waals surface area (Å²) in [6.07, 6.45) is 0.817. The summed E-state index contributed by atoms with van der Waals surface area (Å²) in [6, 6.07) is 18.9. The van der Waals surface area contributed by atoms with Gasteiger partial charge in [0.2, 0.25) is 0 Å². The molecular formula is C26H18N4O5. The fourth-order valence-electron chi connectivity index (χ4n) is 4.22. The Labute approximate surface area is 200 Å². The van der Waals surface area contributed by atoms with E-state index in [0.29, 0.717) is 28.1 Å². The number of hydrogen-bond donors (Lipinski definition) is 2. The van der Waals surface area contributed by atoms with E-state index in [9.17, 15) is 24.8 Å². The maximum Gasteiger partial charge on any atom is 0.337 e. The number of nitrogens with one attached hydrogen (secondary N) is 1. The highest BCUT2D eigenvalue weighted by atomic mass is 16.5. The van der Waals surface area contributed by atoms with Crippen LogP contribution < -0.4 is 15.1 Å². The number of imide groups is 1. The van der Waals surface area contributed by atoms with E-state index in [1.54, 1.807) is 53.4 Å². The lowest BCUT2D eigenvalue weighted by molar-refractivity contribution is -0.115. The first-order chi connectivity index (χ1) is 16.9. The number of methoxy groups -OCH3 is 1. The van der Waals surface area contributed by atoms with Gasteiger partial charge < -0.3 is 20.1 Å². The van der Waals surface area contributed by atoms with Crippen molar-refractivity contribution < 1.29 is 24.2 Å². The molecule has 2 aliphatic rings. The lowest BCUT2D eigenvalue weighted by Gasteiger charge is -2.43. The number of amides is 3. The van der Waals surface area contributed by atoms with Gasteiger partial charge in [-0.25, -0.2) is 14.5 Å². The molecular weight excluding hydrogens is 448 g/mol. The van der Waals surface area contributed by atoms with E-state index < -0.39 is 24.1 Å². The van der Waals surface area contributed by atoms with Gasteiger partial charge in [0.25, 0.3) is 5.91 Å². The SMILES string of the molecule is COC(=O)c1cccc(N2C(=O)NC3C(=Cc4ccc(C#N)cc4N3c3ccc(O)cc3)C2=O)c1. The second kappa shape index (κ2) is 8.35. The highest BCUT2D eigenvalue weighted by molar-refractivity contribution is 6.25. The minimum absolute atomic E-state index is 0.0629. The van der Waals surface area contributed by atoms with Gasteiger partial charge in [0.1, 0.15) is 11.9 Å². The van der Waals surface area contributed by atoms with Crippen molar-refractivity contribution in [1.29, 1.82) is 5.26 Å². The molecule has 1 atom stereocenters. The van der Waals surface area contributed by atoms with Crippen LogP contribution in [0.25, 0.3) is 6.08 Å². The normalized spacial score (nSPS) is 16.5. The third-order valence-corrected chi connectivity index (χ3v) is 5.85. The minimum atomic E-state index is -0.860. The maximum absolute atomic E-state index is 13.6. The summed E-state index contributed by atoms with van der Waals surface area (Å²) in [4.78, 5) is 41.5. The average molecular weight is 466 g/mol. The first-order valence-corrected chi connectivity index (χ1v) is 10.6. The highest BCUT2D eigenvalue weighted by Crippen LogP contribution is 2.41. The number of carbonyl (C=O) groups excluding carboxylic acids is 3. The van der Waals surface area contributed by atoms with Crippen LogP contribution in [0.1, 0.15) is 21.5 Å². The van der Waals surface area contributed by atoms with Crippen molar-refractivity contribution in [3.8, 4) is 11.8 Å². The molecule has 2 aliphatic heterocycles. The van der Waals surface area contributed by atoms with E-state index in [4.69, 9.17) is 4.74 Å². The quantitative estimate of drug-likeness (QED) is 0.565. The Hall–Kier alpha value is -5.10. The molecule has 3 aromatic rings. The van der Waals surface area contributed by atoms with Crippen molar-refractivity contribution in [2.24, 2.45) is 0 Å². The van der Waals surface area contributed by atoms with Gasteiger partial charge in [0.05, 0.1) is 41.3 Å². The predicted molar refractivity (Wildman–Crippen MR) is 127 cm³/mol. The van der Waals surface area contributed by atoms with Crippen LogP contribution >= 0.6 is 0 Å². The van der Waals surface area contributed by atoms with Crippen molar-refractivity contribution >= 4 is 41.0 Å². The van der Waals surface area contributed by atoms with E-state index in [-0.39, 0.29) is 17.0 Å². The molecule has 172 valence electrons. The standard InChI is InChI=1S/C26H18N4O5/c1-35-25(33)17-3-2-4-19(12-17)30-24(32)21-13-16-6-5-15(14-27)11-22(16)29(23(21)28-26(30)34)18-7-9-20(31)10-8-18/h2-13,23,31H,1H3,(H,28,34). The average Bonchev–Trinajstić information content (AvgIpc) is 2.88. The van der Waals surface area contributed by atoms with Crippen molar-refractivity contribution in [2.75, 3.05) is 16.9 Å². The monoisotopic (exact) mass is 466 g/mol. The van der Waals surface area contributed by atoms with Gasteiger partial charge in [-0.3, -0.25) is 4.79 Å². The van der Waals surface area contributed by atoms with Gasteiger partial charge in [-0.2, -0.15) is 5.26 Å². The van der Waals surface area contributed by atoms with Gasteiger partial charge in [-0.15, -0.1) is 0 Å². The van der Waals surface area contributed by atoms with E-state index in [1.807, 2.05) is 0 Å². The summed E-state index contributed by atoms with van der Waals surface area (Å²) in [5, 5.41) is 22.0. The number of anilines is 3. The van der Waals surface area contributed by atoms with Crippen molar-refractivity contribution in [2.45, 2.75) is 6.17 Å². The Bertz CT molecular complexity index is 1460. The molecule has 9 heteroatoms. The zero-order valence-electron chi connectivity index (χ0n) is 18.4. The smallest absolute Gasteiger partial charge is 0.337 e. The summed E-state index contributed by atoms with van der Waals surface area (Å²) >= 11 is 0. The van der Waals surface area contributed by atoms with E-state index >= 15 is 0 Å². The number of nitriles is 1. The number of carbonyl (C=O) groups is 3. The fraction of sp³-hybridized carbons (Fsp3) is 0.0769. The van der Waals surface area contributed by atoms with Crippen molar-refractivity contribution in [3.05, 3.63) is 89.0 Å². The lowest BCUT2D eigenvalue weighted by atomic mass is 9.95. The van der Waals surface area contributed by atoms with Crippen molar-refractivity contribution in [3.63, 3.8) is 0 Å². The Morgan fingerprint density at radius 1 is 1.06 bits per heavy atom. The Morgan fingerprint density at radius 2 is 1.83 bits per heavy atom. The molecule has 0 bridgehead atoms. The van der Waals surface area contributed by atoms with E-state index in [0.717, 1.165) is 4.90 Å². The first-order valence-electron chi connectivity index (χ1n) is 10.6. The molecule has 0 spiro atoms. The molecule has 3 aromatic carbocycles. The Balaban J connectivity index is 1.63. The van der Waals surface area contributed by atoms with Gasteiger partial charge in [-0.05, 0) is 66.2 Å². The number of fused-ring (bicyclic) bond motifs is 2. The van der Waals surface area contributed by atoms with Crippen LogP contribution in [0.4, 0.5) is 21.9 Å². The minimum Gasteiger partial charge on any atom is -0.508 e. The van der Waals surface area contributed by atoms with Gasteiger partial charge in [0.15, 0.2) is 0 Å². The number of esters is 1. The molecule has 0 saturated carbocycles. The molecule has 3 amide bonds. The third-order valence-electron chi connectivity index (χ3n) is 5.85. The zero-order valence-corrected chi connectivity index (χ0v) is 18.4. The number of hydrogen-bond acceptors (Lipinski definition) is 7. The van der Waals surface area contributed by atoms with Crippen LogP contribution in [0.15, 0.2) is 72.3 Å². The topological polar surface area (TPSA) is 123 Å². The van der Waals surface area contributed by atoms with Crippen LogP contribution in [-0.2, 0) is 9.53 Å². The Kier molecular flexibility index (Phi) is 5.19. The predicted octanol–water partition coefficient (Wildman–Crippen LogP) is 3.67. The van der Waals surface area contributed by atoms with E-state index in [1.165, 1.54) is 31.4 Å². The summed E-state index contributed by atoms with van der Waals surface area (Å²) in [5.41, 5.74) is 3.03. The second-order valence-electron chi connectivity index (χ2n) is 7.91. The van der Waals surface area contributed by atoms with Crippen LogP contribution in [0, 0.1) is 11.3 Å². The molecule has 1 saturated heterocycles. The summed E-state index contributed by atoms with van der Waals surface area (Å²) in [6.45, 7) is 0. The molecule has 1 fully saturated rings. The fourth-order valence-corrected chi connectivity index (χ4v) is 4.22. The van der Waals surface area contributed by atoms with Crippen LogP contribution in [0.5, 0.6) is 5.75 Å². The first kappa shape index (κ1) is 21.7. The summed E-state index contributed by atoms with van der Waals surface area (Å²) < 4.78 is 4.75. The largest absolute Gasteiger partial charge is 0.508 e. The number of phenolic OH excluding ortho intramolecular Hbond substituents is 1.